The maximum absolute atomic E-state index is 5.91. The fraction of sp³-hybridized carbons (Fsp3) is 0.250. The number of rotatable bonds is 4. The van der Waals surface area contributed by atoms with Gasteiger partial charge in [-0.1, -0.05) is 36.4 Å². The summed E-state index contributed by atoms with van der Waals surface area (Å²) in [6.07, 6.45) is 0.896. The van der Waals surface area contributed by atoms with Crippen molar-refractivity contribution in [2.24, 2.45) is 5.73 Å². The average molecular weight is 240 g/mol. The summed E-state index contributed by atoms with van der Waals surface area (Å²) in [6, 6.07) is 19.0. The lowest BCUT2D eigenvalue weighted by molar-refractivity contribution is 0.737. The Kier molecular flexibility index (Phi) is 4.00. The number of anilines is 2. The van der Waals surface area contributed by atoms with Gasteiger partial charge in [0.2, 0.25) is 0 Å². The zero-order chi connectivity index (χ0) is 13.0. The molecule has 2 nitrogen and oxygen atoms in total. The van der Waals surface area contributed by atoms with Crippen LogP contribution >= 0.6 is 0 Å². The lowest BCUT2D eigenvalue weighted by Crippen LogP contribution is -2.20. The van der Waals surface area contributed by atoms with Crippen molar-refractivity contribution < 1.29 is 0 Å². The van der Waals surface area contributed by atoms with Crippen LogP contribution in [-0.4, -0.2) is 13.1 Å². The van der Waals surface area contributed by atoms with Crippen molar-refractivity contribution in [1.29, 1.82) is 0 Å². The van der Waals surface area contributed by atoms with Gasteiger partial charge in [0.1, 0.15) is 0 Å². The molecule has 0 saturated heterocycles. The Labute approximate surface area is 109 Å². The van der Waals surface area contributed by atoms with Crippen LogP contribution in [0.1, 0.15) is 12.5 Å². The summed E-state index contributed by atoms with van der Waals surface area (Å²) in [5.41, 5.74) is 9.62. The molecule has 94 valence electrons. The SMILES string of the molecule is CC(N)Cc1ccccc1N(C)c1ccccc1. The molecule has 0 aromatic heterocycles. The van der Waals surface area contributed by atoms with Gasteiger partial charge in [-0.3, -0.25) is 0 Å². The summed E-state index contributed by atoms with van der Waals surface area (Å²) < 4.78 is 0. The first kappa shape index (κ1) is 12.7. The van der Waals surface area contributed by atoms with Crippen LogP contribution in [0, 0.1) is 0 Å². The maximum Gasteiger partial charge on any atom is 0.0441 e. The first-order chi connectivity index (χ1) is 8.68. The molecule has 2 rings (SSSR count). The Balaban J connectivity index is 2.33. The van der Waals surface area contributed by atoms with Gasteiger partial charge in [-0.15, -0.1) is 0 Å². The molecule has 0 bridgehead atoms. The second-order valence-electron chi connectivity index (χ2n) is 4.70. The van der Waals surface area contributed by atoms with Gasteiger partial charge in [-0.05, 0) is 37.1 Å². The number of nitrogens with zero attached hydrogens (tertiary/aromatic N) is 1. The van der Waals surface area contributed by atoms with Crippen LogP contribution in [0.3, 0.4) is 0 Å². The zero-order valence-corrected chi connectivity index (χ0v) is 11.0. The van der Waals surface area contributed by atoms with E-state index in [-0.39, 0.29) is 6.04 Å². The topological polar surface area (TPSA) is 29.3 Å². The summed E-state index contributed by atoms with van der Waals surface area (Å²) >= 11 is 0. The molecule has 1 unspecified atom stereocenters. The molecule has 2 aromatic carbocycles. The molecule has 2 aromatic rings. The number of nitrogens with two attached hydrogens (primary N) is 1. The summed E-state index contributed by atoms with van der Waals surface area (Å²) in [5.74, 6) is 0. The van der Waals surface area contributed by atoms with Gasteiger partial charge in [0.15, 0.2) is 0 Å². The number of para-hydroxylation sites is 2. The molecule has 0 aliphatic carbocycles. The van der Waals surface area contributed by atoms with Crippen LogP contribution in [0.15, 0.2) is 54.6 Å². The average Bonchev–Trinajstić information content (AvgIpc) is 2.39. The van der Waals surface area contributed by atoms with Crippen LogP contribution in [0.4, 0.5) is 11.4 Å². The lowest BCUT2D eigenvalue weighted by atomic mass is 10.0. The summed E-state index contributed by atoms with van der Waals surface area (Å²) in [6.45, 7) is 2.04. The molecule has 2 N–H and O–H groups in total. The van der Waals surface area contributed by atoms with E-state index in [1.807, 2.05) is 13.0 Å². The molecular formula is C16H20N2. The van der Waals surface area contributed by atoms with E-state index in [4.69, 9.17) is 5.73 Å². The Bertz CT molecular complexity index is 491. The Morgan fingerprint density at radius 1 is 1.00 bits per heavy atom. The van der Waals surface area contributed by atoms with Crippen molar-refractivity contribution >= 4 is 11.4 Å². The highest BCUT2D eigenvalue weighted by Gasteiger charge is 2.09. The fourth-order valence-electron chi connectivity index (χ4n) is 2.15. The van der Waals surface area contributed by atoms with E-state index in [1.54, 1.807) is 0 Å². The van der Waals surface area contributed by atoms with Crippen molar-refractivity contribution in [3.63, 3.8) is 0 Å². The van der Waals surface area contributed by atoms with Gasteiger partial charge < -0.3 is 10.6 Å². The molecule has 0 heterocycles. The Hall–Kier alpha value is -1.80. The van der Waals surface area contributed by atoms with Gasteiger partial charge in [0.25, 0.3) is 0 Å². The molecule has 0 aliphatic rings. The lowest BCUT2D eigenvalue weighted by Gasteiger charge is -2.23. The van der Waals surface area contributed by atoms with E-state index >= 15 is 0 Å². The van der Waals surface area contributed by atoms with Crippen molar-refractivity contribution in [1.82, 2.24) is 0 Å². The van der Waals surface area contributed by atoms with E-state index < -0.39 is 0 Å². The van der Waals surface area contributed by atoms with Gasteiger partial charge in [-0.2, -0.15) is 0 Å². The third-order valence-electron chi connectivity index (χ3n) is 3.04. The summed E-state index contributed by atoms with van der Waals surface area (Å²) in [5, 5.41) is 0. The minimum Gasteiger partial charge on any atom is -0.344 e. The van der Waals surface area contributed by atoms with E-state index in [1.165, 1.54) is 16.9 Å². The number of benzene rings is 2. The van der Waals surface area contributed by atoms with Crippen LogP contribution < -0.4 is 10.6 Å². The van der Waals surface area contributed by atoms with Crippen LogP contribution in [0.2, 0.25) is 0 Å². The van der Waals surface area contributed by atoms with Crippen molar-refractivity contribution in [2.45, 2.75) is 19.4 Å². The smallest absolute Gasteiger partial charge is 0.0441 e. The molecule has 0 aliphatic heterocycles. The monoisotopic (exact) mass is 240 g/mol. The normalized spacial score (nSPS) is 12.2. The second-order valence-corrected chi connectivity index (χ2v) is 4.70. The molecule has 1 atom stereocenters. The Morgan fingerprint density at radius 3 is 2.28 bits per heavy atom. The molecule has 18 heavy (non-hydrogen) atoms. The first-order valence-electron chi connectivity index (χ1n) is 6.30. The van der Waals surface area contributed by atoms with Crippen molar-refractivity contribution in [3.05, 3.63) is 60.2 Å². The standard InChI is InChI=1S/C16H20N2/c1-13(17)12-14-8-6-7-11-16(14)18(2)15-9-4-3-5-10-15/h3-11,13H,12,17H2,1-2H3. The molecule has 2 heteroatoms. The van der Waals surface area contributed by atoms with Gasteiger partial charge in [-0.25, -0.2) is 0 Å². The van der Waals surface area contributed by atoms with Gasteiger partial charge in [0, 0.05) is 24.5 Å². The minimum atomic E-state index is 0.176. The molecular weight excluding hydrogens is 220 g/mol. The highest BCUT2D eigenvalue weighted by atomic mass is 15.1. The summed E-state index contributed by atoms with van der Waals surface area (Å²) in [4.78, 5) is 2.21. The minimum absolute atomic E-state index is 0.176. The molecule has 0 radical (unpaired) electrons. The third kappa shape index (κ3) is 2.90. The second kappa shape index (κ2) is 5.69. The molecule has 0 amide bonds. The summed E-state index contributed by atoms with van der Waals surface area (Å²) in [7, 11) is 2.09. The largest absolute Gasteiger partial charge is 0.344 e. The maximum atomic E-state index is 5.91. The zero-order valence-electron chi connectivity index (χ0n) is 11.0. The van der Waals surface area contributed by atoms with E-state index in [2.05, 4.69) is 60.5 Å². The predicted molar refractivity (Wildman–Crippen MR) is 78.3 cm³/mol. The predicted octanol–water partition coefficient (Wildman–Crippen LogP) is 3.34. The first-order valence-corrected chi connectivity index (χ1v) is 6.30. The Morgan fingerprint density at radius 2 is 1.61 bits per heavy atom. The van der Waals surface area contributed by atoms with E-state index in [9.17, 15) is 0 Å². The fourth-order valence-corrected chi connectivity index (χ4v) is 2.15. The van der Waals surface area contributed by atoms with Crippen LogP contribution in [-0.2, 0) is 6.42 Å². The van der Waals surface area contributed by atoms with E-state index in [0.29, 0.717) is 0 Å². The third-order valence-corrected chi connectivity index (χ3v) is 3.04. The molecule has 0 saturated carbocycles. The quantitative estimate of drug-likeness (QED) is 0.888. The number of hydrogen-bond acceptors (Lipinski definition) is 2. The van der Waals surface area contributed by atoms with E-state index in [0.717, 1.165) is 6.42 Å². The van der Waals surface area contributed by atoms with Crippen LogP contribution in [0.25, 0.3) is 0 Å². The number of hydrogen-bond donors (Lipinski definition) is 1. The van der Waals surface area contributed by atoms with Gasteiger partial charge in [0.05, 0.1) is 0 Å². The van der Waals surface area contributed by atoms with Gasteiger partial charge >= 0.3 is 0 Å². The highest BCUT2D eigenvalue weighted by Crippen LogP contribution is 2.27. The van der Waals surface area contributed by atoms with Crippen LogP contribution in [0.5, 0.6) is 0 Å². The van der Waals surface area contributed by atoms with Crippen molar-refractivity contribution in [2.75, 3.05) is 11.9 Å². The highest BCUT2D eigenvalue weighted by molar-refractivity contribution is 5.65. The molecule has 0 fully saturated rings. The molecule has 0 spiro atoms. The van der Waals surface area contributed by atoms with Crippen molar-refractivity contribution in [3.8, 4) is 0 Å².